The minimum atomic E-state index is -0.168. The second kappa shape index (κ2) is 8.01. The first-order valence-electron chi connectivity index (χ1n) is 8.57. The molecule has 0 atom stereocenters. The van der Waals surface area contributed by atoms with Crippen LogP contribution in [0.3, 0.4) is 0 Å². The number of hydrogen-bond donors (Lipinski definition) is 1. The van der Waals surface area contributed by atoms with Crippen LogP contribution in [-0.2, 0) is 0 Å². The van der Waals surface area contributed by atoms with Crippen LogP contribution in [0, 0.1) is 0 Å². The zero-order chi connectivity index (χ0) is 16.9. The Morgan fingerprint density at radius 3 is 2.71 bits per heavy atom. The molecule has 0 spiro atoms. The quantitative estimate of drug-likeness (QED) is 0.815. The monoisotopic (exact) mass is 349 g/mol. The van der Waals surface area contributed by atoms with Crippen molar-refractivity contribution in [3.05, 3.63) is 35.0 Å². The van der Waals surface area contributed by atoms with Gasteiger partial charge in [-0.15, -0.1) is 0 Å². The third kappa shape index (κ3) is 4.29. The minimum absolute atomic E-state index is 0.168. The molecule has 0 aliphatic carbocycles. The number of furan rings is 1. The SMILES string of the molecule is CCN1CCN(CCCNC(=O)c2cc3cc(Cl)ccc3o2)CC1. The molecule has 0 saturated carbocycles. The largest absolute Gasteiger partial charge is 0.451 e. The molecule has 2 heterocycles. The maximum Gasteiger partial charge on any atom is 0.287 e. The van der Waals surface area contributed by atoms with Crippen molar-refractivity contribution >= 4 is 28.5 Å². The van der Waals surface area contributed by atoms with Gasteiger partial charge in [0.25, 0.3) is 5.91 Å². The number of carbonyl (C=O) groups is 1. The first kappa shape index (κ1) is 17.3. The Bertz CT molecular complexity index is 693. The van der Waals surface area contributed by atoms with Gasteiger partial charge in [0.1, 0.15) is 5.58 Å². The van der Waals surface area contributed by atoms with E-state index >= 15 is 0 Å². The molecular weight excluding hydrogens is 326 g/mol. The van der Waals surface area contributed by atoms with E-state index in [0.717, 1.165) is 51.1 Å². The van der Waals surface area contributed by atoms with Gasteiger partial charge >= 0.3 is 0 Å². The summed E-state index contributed by atoms with van der Waals surface area (Å²) in [5.74, 6) is 0.168. The van der Waals surface area contributed by atoms with Gasteiger partial charge in [-0.25, -0.2) is 0 Å². The van der Waals surface area contributed by atoms with Crippen LogP contribution in [0.25, 0.3) is 11.0 Å². The van der Waals surface area contributed by atoms with Gasteiger partial charge in [0.15, 0.2) is 5.76 Å². The molecule has 0 unspecified atom stereocenters. The van der Waals surface area contributed by atoms with Crippen molar-refractivity contribution in [2.75, 3.05) is 45.8 Å². The summed E-state index contributed by atoms with van der Waals surface area (Å²) >= 11 is 5.95. The molecule has 1 aromatic carbocycles. The molecule has 1 aliphatic heterocycles. The lowest BCUT2D eigenvalue weighted by molar-refractivity contribution is 0.0923. The zero-order valence-corrected chi connectivity index (χ0v) is 14.8. The molecule has 24 heavy (non-hydrogen) atoms. The highest BCUT2D eigenvalue weighted by Crippen LogP contribution is 2.22. The summed E-state index contributed by atoms with van der Waals surface area (Å²) in [6.45, 7) is 9.54. The zero-order valence-electron chi connectivity index (χ0n) is 14.1. The number of piperazine rings is 1. The van der Waals surface area contributed by atoms with Crippen LogP contribution in [0.2, 0.25) is 5.02 Å². The minimum Gasteiger partial charge on any atom is -0.451 e. The fraction of sp³-hybridized carbons (Fsp3) is 0.500. The standard InChI is InChI=1S/C18H24ClN3O2/c1-2-21-8-10-22(11-9-21)7-3-6-20-18(23)17-13-14-12-15(19)4-5-16(14)24-17/h4-5,12-13H,2-3,6-11H2,1H3,(H,20,23). The molecule has 5 nitrogen and oxygen atoms in total. The van der Waals surface area contributed by atoms with Crippen LogP contribution >= 0.6 is 11.6 Å². The van der Waals surface area contributed by atoms with Gasteiger partial charge in [-0.1, -0.05) is 18.5 Å². The third-order valence-corrected chi connectivity index (χ3v) is 4.79. The van der Waals surface area contributed by atoms with Gasteiger partial charge in [0.05, 0.1) is 0 Å². The van der Waals surface area contributed by atoms with Crippen LogP contribution in [0.5, 0.6) is 0 Å². The molecule has 1 amide bonds. The fourth-order valence-corrected chi connectivity index (χ4v) is 3.23. The molecule has 1 aliphatic rings. The lowest BCUT2D eigenvalue weighted by atomic mass is 10.2. The smallest absolute Gasteiger partial charge is 0.287 e. The molecule has 1 fully saturated rings. The number of likely N-dealkylation sites (N-methyl/N-ethyl adjacent to an activating group) is 1. The molecule has 130 valence electrons. The van der Waals surface area contributed by atoms with Crippen LogP contribution in [0.4, 0.5) is 0 Å². The first-order valence-corrected chi connectivity index (χ1v) is 8.95. The second-order valence-electron chi connectivity index (χ2n) is 6.18. The van der Waals surface area contributed by atoms with E-state index in [0.29, 0.717) is 22.9 Å². The third-order valence-electron chi connectivity index (χ3n) is 4.55. The topological polar surface area (TPSA) is 48.7 Å². The highest BCUT2D eigenvalue weighted by atomic mass is 35.5. The van der Waals surface area contributed by atoms with Crippen molar-refractivity contribution in [3.63, 3.8) is 0 Å². The summed E-state index contributed by atoms with van der Waals surface area (Å²) in [4.78, 5) is 17.1. The molecule has 0 radical (unpaired) electrons. The normalized spacial score (nSPS) is 16.6. The number of fused-ring (bicyclic) bond motifs is 1. The summed E-state index contributed by atoms with van der Waals surface area (Å²) in [5.41, 5.74) is 0.679. The Morgan fingerprint density at radius 1 is 1.21 bits per heavy atom. The maximum absolute atomic E-state index is 12.2. The van der Waals surface area contributed by atoms with E-state index in [1.165, 1.54) is 0 Å². The Balaban J connectivity index is 1.42. The molecule has 0 bridgehead atoms. The second-order valence-corrected chi connectivity index (χ2v) is 6.61. The molecule has 6 heteroatoms. The number of carbonyl (C=O) groups excluding carboxylic acids is 1. The Hall–Kier alpha value is -1.56. The van der Waals surface area contributed by atoms with Gasteiger partial charge in [0, 0.05) is 43.1 Å². The molecule has 1 N–H and O–H groups in total. The van der Waals surface area contributed by atoms with Crippen molar-refractivity contribution in [1.82, 2.24) is 15.1 Å². The number of amides is 1. The predicted molar refractivity (Wildman–Crippen MR) is 96.7 cm³/mol. The van der Waals surface area contributed by atoms with Crippen LogP contribution < -0.4 is 5.32 Å². The summed E-state index contributed by atoms with van der Waals surface area (Å²) in [6, 6.07) is 7.07. The summed E-state index contributed by atoms with van der Waals surface area (Å²) in [5, 5.41) is 4.42. The predicted octanol–water partition coefficient (Wildman–Crippen LogP) is 2.84. The van der Waals surface area contributed by atoms with E-state index in [9.17, 15) is 4.79 Å². The van der Waals surface area contributed by atoms with Crippen molar-refractivity contribution in [2.45, 2.75) is 13.3 Å². The van der Waals surface area contributed by atoms with E-state index in [1.807, 2.05) is 0 Å². The van der Waals surface area contributed by atoms with E-state index < -0.39 is 0 Å². The van der Waals surface area contributed by atoms with Gasteiger partial charge < -0.3 is 19.5 Å². The summed E-state index contributed by atoms with van der Waals surface area (Å²) < 4.78 is 5.57. The molecule has 2 aromatic rings. The lowest BCUT2D eigenvalue weighted by Crippen LogP contribution is -2.46. The number of rotatable bonds is 6. The maximum atomic E-state index is 12.2. The summed E-state index contributed by atoms with van der Waals surface area (Å²) in [6.07, 6.45) is 0.948. The van der Waals surface area contributed by atoms with Crippen LogP contribution in [0.15, 0.2) is 28.7 Å². The lowest BCUT2D eigenvalue weighted by Gasteiger charge is -2.33. The van der Waals surface area contributed by atoms with Gasteiger partial charge in [0.2, 0.25) is 0 Å². The van der Waals surface area contributed by atoms with E-state index in [-0.39, 0.29) is 5.91 Å². The number of benzene rings is 1. The number of nitrogens with one attached hydrogen (secondary N) is 1. The van der Waals surface area contributed by atoms with Crippen LogP contribution in [-0.4, -0.2) is 61.5 Å². The van der Waals surface area contributed by atoms with Crippen LogP contribution in [0.1, 0.15) is 23.9 Å². The molecule has 3 rings (SSSR count). The Labute approximate surface area is 147 Å². The number of hydrogen-bond acceptors (Lipinski definition) is 4. The first-order chi connectivity index (χ1) is 11.7. The van der Waals surface area contributed by atoms with Crippen molar-refractivity contribution in [2.24, 2.45) is 0 Å². The van der Waals surface area contributed by atoms with Crippen molar-refractivity contribution < 1.29 is 9.21 Å². The van der Waals surface area contributed by atoms with E-state index in [4.69, 9.17) is 16.0 Å². The van der Waals surface area contributed by atoms with Gasteiger partial charge in [-0.2, -0.15) is 0 Å². The van der Waals surface area contributed by atoms with E-state index in [2.05, 4.69) is 22.0 Å². The average molecular weight is 350 g/mol. The highest BCUT2D eigenvalue weighted by Gasteiger charge is 2.15. The van der Waals surface area contributed by atoms with Gasteiger partial charge in [-0.3, -0.25) is 4.79 Å². The Kier molecular flexibility index (Phi) is 5.76. The highest BCUT2D eigenvalue weighted by molar-refractivity contribution is 6.31. The summed E-state index contributed by atoms with van der Waals surface area (Å²) in [7, 11) is 0. The fourth-order valence-electron chi connectivity index (χ4n) is 3.05. The van der Waals surface area contributed by atoms with Gasteiger partial charge in [-0.05, 0) is 43.8 Å². The van der Waals surface area contributed by atoms with Crippen molar-refractivity contribution in [1.29, 1.82) is 0 Å². The average Bonchev–Trinajstić information content (AvgIpc) is 3.02. The Morgan fingerprint density at radius 2 is 1.96 bits per heavy atom. The number of nitrogens with zero attached hydrogens (tertiary/aromatic N) is 2. The van der Waals surface area contributed by atoms with Crippen molar-refractivity contribution in [3.8, 4) is 0 Å². The molecule has 1 aromatic heterocycles. The molecule has 1 saturated heterocycles. The number of halogens is 1. The molecular formula is C18H24ClN3O2. The van der Waals surface area contributed by atoms with E-state index in [1.54, 1.807) is 24.3 Å².